The van der Waals surface area contributed by atoms with Crippen molar-refractivity contribution in [3.8, 4) is 5.75 Å². The van der Waals surface area contributed by atoms with Gasteiger partial charge in [-0.3, -0.25) is 19.3 Å². The number of para-hydroxylation sites is 1. The average molecular weight is 558 g/mol. The van der Waals surface area contributed by atoms with E-state index in [1.54, 1.807) is 48.5 Å². The zero-order chi connectivity index (χ0) is 24.1. The summed E-state index contributed by atoms with van der Waals surface area (Å²) < 4.78 is 6.80. The van der Waals surface area contributed by atoms with Gasteiger partial charge in [0.15, 0.2) is 0 Å². The summed E-state index contributed by atoms with van der Waals surface area (Å²) in [5, 5.41) is 2.78. The van der Waals surface area contributed by atoms with Gasteiger partial charge < -0.3 is 10.1 Å². The van der Waals surface area contributed by atoms with Gasteiger partial charge in [-0.1, -0.05) is 63.9 Å². The lowest BCUT2D eigenvalue weighted by Crippen LogP contribution is -2.36. The summed E-state index contributed by atoms with van der Waals surface area (Å²) >= 11 is 10.3. The van der Waals surface area contributed by atoms with Crippen LogP contribution in [0.4, 0.5) is 10.5 Å². The van der Waals surface area contributed by atoms with Crippen LogP contribution in [0.25, 0.3) is 6.08 Å². The molecule has 0 spiro atoms. The maximum absolute atomic E-state index is 12.9. The number of benzene rings is 3. The molecule has 9 heteroatoms. The number of hydrogen-bond donors (Lipinski definition) is 1. The highest BCUT2D eigenvalue weighted by Gasteiger charge is 2.36. The van der Waals surface area contributed by atoms with E-state index in [1.165, 1.54) is 0 Å². The summed E-state index contributed by atoms with van der Waals surface area (Å²) in [6.07, 6.45) is 1.60. The second kappa shape index (κ2) is 10.9. The maximum atomic E-state index is 12.9. The summed E-state index contributed by atoms with van der Waals surface area (Å²) in [6, 6.07) is 21.6. The molecule has 0 bridgehead atoms. The van der Waals surface area contributed by atoms with Crippen molar-refractivity contribution in [2.75, 3.05) is 11.9 Å². The van der Waals surface area contributed by atoms with Crippen LogP contribution in [0.15, 0.2) is 82.2 Å². The van der Waals surface area contributed by atoms with E-state index in [-0.39, 0.29) is 18.1 Å². The van der Waals surface area contributed by atoms with Crippen LogP contribution < -0.4 is 10.1 Å². The van der Waals surface area contributed by atoms with Gasteiger partial charge >= 0.3 is 0 Å². The lowest BCUT2D eigenvalue weighted by Gasteiger charge is -2.12. The molecule has 0 atom stereocenters. The van der Waals surface area contributed by atoms with E-state index >= 15 is 0 Å². The van der Waals surface area contributed by atoms with Gasteiger partial charge in [-0.05, 0) is 54.2 Å². The quantitative estimate of drug-likeness (QED) is 0.342. The fourth-order valence-electron chi connectivity index (χ4n) is 3.16. The Morgan fingerprint density at radius 1 is 1.03 bits per heavy atom. The van der Waals surface area contributed by atoms with Crippen LogP contribution in [0.5, 0.6) is 5.75 Å². The van der Waals surface area contributed by atoms with E-state index in [1.807, 2.05) is 30.3 Å². The van der Waals surface area contributed by atoms with Crippen molar-refractivity contribution in [1.29, 1.82) is 0 Å². The number of halogens is 2. The van der Waals surface area contributed by atoms with Gasteiger partial charge in [0.2, 0.25) is 5.91 Å². The van der Waals surface area contributed by atoms with Crippen LogP contribution in [0.3, 0.4) is 0 Å². The van der Waals surface area contributed by atoms with Crippen molar-refractivity contribution in [3.05, 3.63) is 98.3 Å². The van der Waals surface area contributed by atoms with Crippen molar-refractivity contribution in [2.45, 2.75) is 6.61 Å². The molecule has 1 aliphatic heterocycles. The number of amides is 3. The number of hydrogen-bond acceptors (Lipinski definition) is 5. The molecule has 1 saturated heterocycles. The minimum Gasteiger partial charge on any atom is -0.488 e. The first-order valence-corrected chi connectivity index (χ1v) is 12.2. The maximum Gasteiger partial charge on any atom is 0.294 e. The number of carbonyl (C=O) groups is 3. The van der Waals surface area contributed by atoms with Crippen LogP contribution in [-0.2, 0) is 16.2 Å². The number of nitrogens with zero attached hydrogens (tertiary/aromatic N) is 1. The van der Waals surface area contributed by atoms with Crippen molar-refractivity contribution < 1.29 is 19.1 Å². The molecule has 1 aliphatic rings. The minimum absolute atomic E-state index is 0.218. The first-order valence-electron chi connectivity index (χ1n) is 10.2. The predicted molar refractivity (Wildman–Crippen MR) is 138 cm³/mol. The standard InChI is InChI=1S/C25H18BrClN2O4S/c26-18-9-11-19(12-10-18)28-23(30)14-29-24(31)22(34-25(29)32)13-16-5-2-4-8-21(16)33-15-17-6-1-3-7-20(17)27/h1-13H,14-15H2,(H,28,30)/b22-13+. The van der Waals surface area contributed by atoms with E-state index in [0.29, 0.717) is 22.0 Å². The van der Waals surface area contributed by atoms with E-state index < -0.39 is 17.1 Å². The molecule has 1 fully saturated rings. The molecule has 0 aliphatic carbocycles. The lowest BCUT2D eigenvalue weighted by molar-refractivity contribution is -0.127. The number of thioether (sulfide) groups is 1. The van der Waals surface area contributed by atoms with Crippen molar-refractivity contribution in [1.82, 2.24) is 4.90 Å². The molecule has 172 valence electrons. The molecular formula is C25H18BrClN2O4S. The molecule has 3 aromatic rings. The Kier molecular flexibility index (Phi) is 7.72. The topological polar surface area (TPSA) is 75.7 Å². The highest BCUT2D eigenvalue weighted by molar-refractivity contribution is 9.10. The molecule has 0 unspecified atom stereocenters. The third-order valence-electron chi connectivity index (χ3n) is 4.85. The van der Waals surface area contributed by atoms with Crippen molar-refractivity contribution >= 4 is 68.1 Å². The molecular weight excluding hydrogens is 540 g/mol. The SMILES string of the molecule is O=C(CN1C(=O)S/C(=C/c2ccccc2OCc2ccccc2Cl)C1=O)Nc1ccc(Br)cc1. The smallest absolute Gasteiger partial charge is 0.294 e. The highest BCUT2D eigenvalue weighted by atomic mass is 79.9. The first kappa shape index (κ1) is 24.1. The average Bonchev–Trinajstić information content (AvgIpc) is 3.08. The van der Waals surface area contributed by atoms with Gasteiger partial charge in [0.1, 0.15) is 18.9 Å². The summed E-state index contributed by atoms with van der Waals surface area (Å²) in [6.45, 7) is -0.120. The molecule has 1 N–H and O–H groups in total. The van der Waals surface area contributed by atoms with Crippen LogP contribution >= 0.6 is 39.3 Å². The van der Waals surface area contributed by atoms with Gasteiger partial charge in [0.05, 0.1) is 4.91 Å². The molecule has 0 saturated carbocycles. The summed E-state index contributed by atoms with van der Waals surface area (Å²) in [5.41, 5.74) is 2.04. The zero-order valence-electron chi connectivity index (χ0n) is 17.7. The van der Waals surface area contributed by atoms with Gasteiger partial charge in [0.25, 0.3) is 11.1 Å². The Bertz CT molecular complexity index is 1280. The molecule has 4 rings (SSSR count). The Morgan fingerprint density at radius 3 is 2.50 bits per heavy atom. The highest BCUT2D eigenvalue weighted by Crippen LogP contribution is 2.34. The Hall–Kier alpha value is -3.07. The van der Waals surface area contributed by atoms with E-state index in [2.05, 4.69) is 21.2 Å². The van der Waals surface area contributed by atoms with Crippen LogP contribution in [0.2, 0.25) is 5.02 Å². The van der Waals surface area contributed by atoms with Crippen molar-refractivity contribution in [2.24, 2.45) is 0 Å². The Labute approximate surface area is 214 Å². The largest absolute Gasteiger partial charge is 0.488 e. The van der Waals surface area contributed by atoms with Gasteiger partial charge in [-0.15, -0.1) is 0 Å². The van der Waals surface area contributed by atoms with Crippen LogP contribution in [-0.4, -0.2) is 28.5 Å². The molecule has 0 aromatic heterocycles. The lowest BCUT2D eigenvalue weighted by atomic mass is 10.1. The molecule has 0 radical (unpaired) electrons. The van der Waals surface area contributed by atoms with Crippen LogP contribution in [0.1, 0.15) is 11.1 Å². The van der Waals surface area contributed by atoms with Gasteiger partial charge in [0, 0.05) is 26.3 Å². The molecule has 6 nitrogen and oxygen atoms in total. The van der Waals surface area contributed by atoms with E-state index in [0.717, 1.165) is 26.7 Å². The first-order chi connectivity index (χ1) is 16.4. The molecule has 3 amide bonds. The van der Waals surface area contributed by atoms with Gasteiger partial charge in [-0.2, -0.15) is 0 Å². The van der Waals surface area contributed by atoms with E-state index in [9.17, 15) is 14.4 Å². The second-order valence-corrected chi connectivity index (χ2v) is 9.56. The molecule has 34 heavy (non-hydrogen) atoms. The molecule has 1 heterocycles. The number of carbonyl (C=O) groups excluding carboxylic acids is 3. The predicted octanol–water partition coefficient (Wildman–Crippen LogP) is 6.36. The molecule has 3 aromatic carbocycles. The van der Waals surface area contributed by atoms with Gasteiger partial charge in [-0.25, -0.2) is 0 Å². The summed E-state index contributed by atoms with van der Waals surface area (Å²) in [5.74, 6) is -0.446. The zero-order valence-corrected chi connectivity index (χ0v) is 20.8. The van der Waals surface area contributed by atoms with Crippen LogP contribution in [0, 0.1) is 0 Å². The summed E-state index contributed by atoms with van der Waals surface area (Å²) in [4.78, 5) is 38.8. The Balaban J connectivity index is 1.45. The number of ether oxygens (including phenoxy) is 1. The van der Waals surface area contributed by atoms with E-state index in [4.69, 9.17) is 16.3 Å². The Morgan fingerprint density at radius 2 is 1.74 bits per heavy atom. The fourth-order valence-corrected chi connectivity index (χ4v) is 4.44. The number of anilines is 1. The monoisotopic (exact) mass is 556 g/mol. The minimum atomic E-state index is -0.526. The third-order valence-corrected chi connectivity index (χ3v) is 6.65. The van der Waals surface area contributed by atoms with Crippen molar-refractivity contribution in [3.63, 3.8) is 0 Å². The summed E-state index contributed by atoms with van der Waals surface area (Å²) in [7, 11) is 0. The fraction of sp³-hybridized carbons (Fsp3) is 0.0800. The number of rotatable bonds is 7. The normalized spacial score (nSPS) is 14.5. The second-order valence-electron chi connectivity index (χ2n) is 7.24. The third kappa shape index (κ3) is 5.88. The number of nitrogens with one attached hydrogen (secondary N) is 1. The number of imide groups is 1.